The summed E-state index contributed by atoms with van der Waals surface area (Å²) in [6.07, 6.45) is 0.854. The van der Waals surface area contributed by atoms with E-state index in [2.05, 4.69) is 5.32 Å². The van der Waals surface area contributed by atoms with E-state index in [4.69, 9.17) is 9.84 Å². The maximum atomic E-state index is 12.0. The van der Waals surface area contributed by atoms with Gasteiger partial charge in [-0.05, 0) is 25.5 Å². The number of nitrogens with one attached hydrogen (secondary N) is 1. The molecule has 0 atom stereocenters. The van der Waals surface area contributed by atoms with E-state index in [1.165, 1.54) is 0 Å². The van der Waals surface area contributed by atoms with Gasteiger partial charge in [0.25, 0.3) is 0 Å². The Kier molecular flexibility index (Phi) is 6.74. The average molecular weight is 266 g/mol. The van der Waals surface area contributed by atoms with Gasteiger partial charge in [-0.15, -0.1) is 0 Å². The number of anilines is 1. The van der Waals surface area contributed by atoms with Crippen LogP contribution in [0.3, 0.4) is 0 Å². The fourth-order valence-corrected chi connectivity index (χ4v) is 1.74. The maximum Gasteiger partial charge on any atom is 0.321 e. The molecule has 2 amide bonds. The van der Waals surface area contributed by atoms with Crippen LogP contribution in [0.4, 0.5) is 10.5 Å². The second-order valence-electron chi connectivity index (χ2n) is 4.10. The van der Waals surface area contributed by atoms with Crippen LogP contribution in [-0.2, 0) is 0 Å². The number of aliphatic hydroxyl groups is 1. The van der Waals surface area contributed by atoms with Crippen LogP contribution in [-0.4, -0.2) is 42.3 Å². The van der Waals surface area contributed by atoms with Crippen LogP contribution in [0.25, 0.3) is 0 Å². The number of rotatable bonds is 7. The lowest BCUT2D eigenvalue weighted by atomic mass is 10.3. The van der Waals surface area contributed by atoms with Crippen molar-refractivity contribution in [1.29, 1.82) is 0 Å². The number of hydrogen-bond donors (Lipinski definition) is 2. The van der Waals surface area contributed by atoms with E-state index in [1.54, 1.807) is 11.0 Å². The maximum absolute atomic E-state index is 12.0. The molecule has 0 aliphatic carbocycles. The summed E-state index contributed by atoms with van der Waals surface area (Å²) in [5, 5.41) is 11.8. The molecule has 0 unspecified atom stereocenters. The molecule has 0 radical (unpaired) electrons. The van der Waals surface area contributed by atoms with E-state index >= 15 is 0 Å². The van der Waals surface area contributed by atoms with Crippen molar-refractivity contribution in [3.63, 3.8) is 0 Å². The Balaban J connectivity index is 2.66. The highest BCUT2D eigenvalue weighted by atomic mass is 16.5. The molecule has 5 heteroatoms. The van der Waals surface area contributed by atoms with Gasteiger partial charge in [0.05, 0.1) is 13.2 Å². The first-order valence-electron chi connectivity index (χ1n) is 6.60. The van der Waals surface area contributed by atoms with Crippen molar-refractivity contribution in [3.8, 4) is 5.75 Å². The molecule has 0 fully saturated rings. The molecular weight excluding hydrogens is 244 g/mol. The zero-order valence-corrected chi connectivity index (χ0v) is 11.6. The van der Waals surface area contributed by atoms with Crippen molar-refractivity contribution >= 4 is 11.7 Å². The SMILES string of the molecule is CCCN(CCO)C(=O)Nc1cccc(OCC)c1. The smallest absolute Gasteiger partial charge is 0.321 e. The van der Waals surface area contributed by atoms with Gasteiger partial charge in [0, 0.05) is 24.8 Å². The first kappa shape index (κ1) is 15.3. The van der Waals surface area contributed by atoms with Crippen LogP contribution >= 0.6 is 0 Å². The Morgan fingerprint density at radius 3 is 2.79 bits per heavy atom. The molecule has 1 aromatic carbocycles. The average Bonchev–Trinajstić information content (AvgIpc) is 2.39. The summed E-state index contributed by atoms with van der Waals surface area (Å²) in [6, 6.07) is 7.06. The van der Waals surface area contributed by atoms with Crippen molar-refractivity contribution in [3.05, 3.63) is 24.3 Å². The highest BCUT2D eigenvalue weighted by molar-refractivity contribution is 5.89. The predicted octanol–water partition coefficient (Wildman–Crippen LogP) is 2.32. The van der Waals surface area contributed by atoms with E-state index in [1.807, 2.05) is 32.0 Å². The number of nitrogens with zero attached hydrogens (tertiary/aromatic N) is 1. The molecule has 0 saturated carbocycles. The normalized spacial score (nSPS) is 10.1. The molecule has 0 aromatic heterocycles. The third kappa shape index (κ3) is 5.18. The molecule has 19 heavy (non-hydrogen) atoms. The Morgan fingerprint density at radius 2 is 2.16 bits per heavy atom. The number of benzene rings is 1. The molecule has 106 valence electrons. The topological polar surface area (TPSA) is 61.8 Å². The van der Waals surface area contributed by atoms with Crippen LogP contribution < -0.4 is 10.1 Å². The van der Waals surface area contributed by atoms with E-state index < -0.39 is 0 Å². The lowest BCUT2D eigenvalue weighted by Gasteiger charge is -2.21. The fourth-order valence-electron chi connectivity index (χ4n) is 1.74. The molecule has 0 spiro atoms. The number of ether oxygens (including phenoxy) is 1. The minimum absolute atomic E-state index is 0.0353. The highest BCUT2D eigenvalue weighted by Gasteiger charge is 2.12. The van der Waals surface area contributed by atoms with Gasteiger partial charge in [0.1, 0.15) is 5.75 Å². The van der Waals surface area contributed by atoms with E-state index in [0.717, 1.165) is 12.2 Å². The van der Waals surface area contributed by atoms with E-state index in [0.29, 0.717) is 25.4 Å². The molecule has 0 heterocycles. The second-order valence-corrected chi connectivity index (χ2v) is 4.10. The standard InChI is InChI=1S/C14H22N2O3/c1-3-8-16(9-10-17)14(18)15-12-6-5-7-13(11-12)19-4-2/h5-7,11,17H,3-4,8-10H2,1-2H3,(H,15,18). The summed E-state index contributed by atoms with van der Waals surface area (Å²) < 4.78 is 5.38. The van der Waals surface area contributed by atoms with Crippen molar-refractivity contribution in [2.75, 3.05) is 31.6 Å². The number of aliphatic hydroxyl groups excluding tert-OH is 1. The summed E-state index contributed by atoms with van der Waals surface area (Å²) >= 11 is 0. The van der Waals surface area contributed by atoms with Gasteiger partial charge in [0.15, 0.2) is 0 Å². The molecular formula is C14H22N2O3. The highest BCUT2D eigenvalue weighted by Crippen LogP contribution is 2.17. The molecule has 2 N–H and O–H groups in total. The van der Waals surface area contributed by atoms with Crippen molar-refractivity contribution in [1.82, 2.24) is 4.90 Å². The predicted molar refractivity (Wildman–Crippen MR) is 75.6 cm³/mol. The van der Waals surface area contributed by atoms with Crippen LogP contribution in [0.15, 0.2) is 24.3 Å². The van der Waals surface area contributed by atoms with Gasteiger partial charge in [-0.1, -0.05) is 13.0 Å². The summed E-state index contributed by atoms with van der Waals surface area (Å²) in [6.45, 7) is 5.42. The largest absolute Gasteiger partial charge is 0.494 e. The lowest BCUT2D eigenvalue weighted by molar-refractivity contribution is 0.188. The second kappa shape index (κ2) is 8.37. The minimum atomic E-state index is -0.204. The van der Waals surface area contributed by atoms with Gasteiger partial charge >= 0.3 is 6.03 Å². The minimum Gasteiger partial charge on any atom is -0.494 e. The summed E-state index contributed by atoms with van der Waals surface area (Å²) in [5.74, 6) is 0.726. The third-order valence-electron chi connectivity index (χ3n) is 2.55. The lowest BCUT2D eigenvalue weighted by Crippen LogP contribution is -2.37. The zero-order chi connectivity index (χ0) is 14.1. The Labute approximate surface area is 114 Å². The van der Waals surface area contributed by atoms with Gasteiger partial charge in [-0.25, -0.2) is 4.79 Å². The van der Waals surface area contributed by atoms with E-state index in [-0.39, 0.29) is 12.6 Å². The summed E-state index contributed by atoms with van der Waals surface area (Å²) in [4.78, 5) is 13.6. The first-order valence-corrected chi connectivity index (χ1v) is 6.60. The Bertz CT molecular complexity index is 390. The van der Waals surface area contributed by atoms with Gasteiger partial charge < -0.3 is 20.1 Å². The molecule has 0 bridgehead atoms. The van der Waals surface area contributed by atoms with Crippen LogP contribution in [0.1, 0.15) is 20.3 Å². The summed E-state index contributed by atoms with van der Waals surface area (Å²) in [7, 11) is 0. The molecule has 1 aromatic rings. The number of carbonyl (C=O) groups excluding carboxylic acids is 1. The van der Waals surface area contributed by atoms with Crippen molar-refractivity contribution in [2.45, 2.75) is 20.3 Å². The molecule has 0 aliphatic rings. The Morgan fingerprint density at radius 1 is 1.37 bits per heavy atom. The van der Waals surface area contributed by atoms with Crippen LogP contribution in [0.5, 0.6) is 5.75 Å². The van der Waals surface area contributed by atoms with Gasteiger partial charge in [0.2, 0.25) is 0 Å². The van der Waals surface area contributed by atoms with Crippen LogP contribution in [0, 0.1) is 0 Å². The number of carbonyl (C=O) groups is 1. The fraction of sp³-hybridized carbons (Fsp3) is 0.500. The summed E-state index contributed by atoms with van der Waals surface area (Å²) in [5.41, 5.74) is 0.690. The molecule has 0 saturated heterocycles. The van der Waals surface area contributed by atoms with Crippen molar-refractivity contribution in [2.24, 2.45) is 0 Å². The first-order chi connectivity index (χ1) is 9.21. The molecule has 0 aliphatic heterocycles. The molecule has 5 nitrogen and oxygen atoms in total. The number of urea groups is 1. The third-order valence-corrected chi connectivity index (χ3v) is 2.55. The number of hydrogen-bond acceptors (Lipinski definition) is 3. The monoisotopic (exact) mass is 266 g/mol. The Hall–Kier alpha value is -1.75. The number of amides is 2. The zero-order valence-electron chi connectivity index (χ0n) is 11.6. The van der Waals surface area contributed by atoms with Gasteiger partial charge in [-0.2, -0.15) is 0 Å². The molecule has 1 rings (SSSR count). The quantitative estimate of drug-likeness (QED) is 0.796. The van der Waals surface area contributed by atoms with Crippen LogP contribution in [0.2, 0.25) is 0 Å². The van der Waals surface area contributed by atoms with Gasteiger partial charge in [-0.3, -0.25) is 0 Å². The van der Waals surface area contributed by atoms with Crippen molar-refractivity contribution < 1.29 is 14.6 Å². The van der Waals surface area contributed by atoms with E-state index in [9.17, 15) is 4.79 Å².